The molecule has 1 amide bonds. The second-order valence-corrected chi connectivity index (χ2v) is 9.55. The molecule has 0 spiro atoms. The van der Waals surface area contributed by atoms with Gasteiger partial charge in [-0.2, -0.15) is 0 Å². The normalized spacial score (nSPS) is 13.7. The van der Waals surface area contributed by atoms with Crippen molar-refractivity contribution in [3.05, 3.63) is 53.9 Å². The summed E-state index contributed by atoms with van der Waals surface area (Å²) in [5.74, 6) is 1.82. The molecule has 1 N–H and O–H groups in total. The molecule has 0 bridgehead atoms. The lowest BCUT2D eigenvalue weighted by Gasteiger charge is -2.06. The number of nitrogens with one attached hydrogen (secondary N) is 1. The Morgan fingerprint density at radius 3 is 2.77 bits per heavy atom. The van der Waals surface area contributed by atoms with Gasteiger partial charge in [0.05, 0.1) is 16.0 Å². The molecule has 1 fully saturated rings. The van der Waals surface area contributed by atoms with Crippen molar-refractivity contribution in [1.29, 1.82) is 0 Å². The predicted octanol–water partition coefficient (Wildman–Crippen LogP) is 5.01. The van der Waals surface area contributed by atoms with Crippen molar-refractivity contribution in [2.45, 2.75) is 30.8 Å². The summed E-state index contributed by atoms with van der Waals surface area (Å²) in [7, 11) is 1.97. The number of nitrogens with zero attached hydrogens (tertiary/aromatic N) is 4. The lowest BCUT2D eigenvalue weighted by atomic mass is 10.2. The molecule has 2 aromatic heterocycles. The average Bonchev–Trinajstić information content (AvgIpc) is 3.38. The third kappa shape index (κ3) is 3.97. The van der Waals surface area contributed by atoms with E-state index in [2.05, 4.69) is 40.6 Å². The van der Waals surface area contributed by atoms with E-state index in [9.17, 15) is 4.79 Å². The number of carbonyl (C=O) groups excluding carboxylic acids is 1. The Morgan fingerprint density at radius 1 is 1.20 bits per heavy atom. The van der Waals surface area contributed by atoms with Crippen LogP contribution in [0, 0.1) is 6.92 Å². The van der Waals surface area contributed by atoms with Crippen molar-refractivity contribution in [3.8, 4) is 10.6 Å². The number of rotatable bonds is 6. The first-order valence-electron chi connectivity index (χ1n) is 9.86. The van der Waals surface area contributed by atoms with E-state index in [0.29, 0.717) is 11.7 Å². The summed E-state index contributed by atoms with van der Waals surface area (Å²) in [5, 5.41) is 13.2. The number of benzene rings is 2. The SMILES string of the molecule is Cc1ccc2nc(-c3ccc(NC(=O)CSc4nnc(C5CC5)n4C)cc3)sc2c1. The van der Waals surface area contributed by atoms with Crippen molar-refractivity contribution >= 4 is 44.9 Å². The number of thiazole rings is 1. The number of anilines is 1. The van der Waals surface area contributed by atoms with E-state index >= 15 is 0 Å². The minimum absolute atomic E-state index is 0.0563. The number of fused-ring (bicyclic) bond motifs is 1. The maximum atomic E-state index is 12.4. The van der Waals surface area contributed by atoms with Gasteiger partial charge in [0, 0.05) is 24.2 Å². The zero-order valence-corrected chi connectivity index (χ0v) is 18.4. The van der Waals surface area contributed by atoms with E-state index in [1.54, 1.807) is 11.3 Å². The van der Waals surface area contributed by atoms with Crippen LogP contribution in [0.3, 0.4) is 0 Å². The molecule has 1 aliphatic rings. The molecule has 5 rings (SSSR count). The van der Waals surface area contributed by atoms with Gasteiger partial charge in [0.1, 0.15) is 10.8 Å². The molecule has 0 radical (unpaired) electrons. The smallest absolute Gasteiger partial charge is 0.234 e. The minimum atomic E-state index is -0.0563. The maximum absolute atomic E-state index is 12.4. The van der Waals surface area contributed by atoms with E-state index in [0.717, 1.165) is 32.8 Å². The molecule has 1 aliphatic carbocycles. The molecule has 0 unspecified atom stereocenters. The molecular weight excluding hydrogens is 414 g/mol. The van der Waals surface area contributed by atoms with Crippen LogP contribution in [0.25, 0.3) is 20.8 Å². The number of amides is 1. The highest BCUT2D eigenvalue weighted by Crippen LogP contribution is 2.39. The second kappa shape index (κ2) is 7.85. The van der Waals surface area contributed by atoms with Gasteiger partial charge in [-0.3, -0.25) is 4.79 Å². The van der Waals surface area contributed by atoms with Crippen LogP contribution in [0.15, 0.2) is 47.6 Å². The molecule has 4 aromatic rings. The topological polar surface area (TPSA) is 72.7 Å². The van der Waals surface area contributed by atoms with Crippen molar-refractivity contribution in [2.75, 3.05) is 11.1 Å². The van der Waals surface area contributed by atoms with Gasteiger partial charge in [-0.05, 0) is 61.7 Å². The summed E-state index contributed by atoms with van der Waals surface area (Å²) in [4.78, 5) is 17.1. The fourth-order valence-electron chi connectivity index (χ4n) is 3.33. The first-order chi connectivity index (χ1) is 14.6. The molecule has 152 valence electrons. The Morgan fingerprint density at radius 2 is 2.00 bits per heavy atom. The third-order valence-electron chi connectivity index (χ3n) is 5.10. The summed E-state index contributed by atoms with van der Waals surface area (Å²) in [6.07, 6.45) is 2.37. The molecule has 8 heteroatoms. The zero-order chi connectivity index (χ0) is 20.7. The number of aromatic nitrogens is 4. The van der Waals surface area contributed by atoms with E-state index < -0.39 is 0 Å². The largest absolute Gasteiger partial charge is 0.325 e. The lowest BCUT2D eigenvalue weighted by molar-refractivity contribution is -0.113. The molecule has 2 heterocycles. The first kappa shape index (κ1) is 19.3. The van der Waals surface area contributed by atoms with Gasteiger partial charge in [-0.15, -0.1) is 21.5 Å². The van der Waals surface area contributed by atoms with Crippen molar-refractivity contribution in [2.24, 2.45) is 7.05 Å². The average molecular weight is 436 g/mol. The molecule has 2 aromatic carbocycles. The highest BCUT2D eigenvalue weighted by atomic mass is 32.2. The molecule has 0 atom stereocenters. The first-order valence-corrected chi connectivity index (χ1v) is 11.7. The van der Waals surface area contributed by atoms with Crippen LogP contribution in [0.5, 0.6) is 0 Å². The van der Waals surface area contributed by atoms with E-state index in [1.165, 1.54) is 34.9 Å². The van der Waals surface area contributed by atoms with Crippen LogP contribution in [0.1, 0.15) is 30.1 Å². The predicted molar refractivity (Wildman–Crippen MR) is 122 cm³/mol. The van der Waals surface area contributed by atoms with Crippen LogP contribution in [-0.4, -0.2) is 31.4 Å². The maximum Gasteiger partial charge on any atom is 0.234 e. The standard InChI is InChI=1S/C22H21N5OS2/c1-13-3-10-17-18(11-13)30-21(24-17)15-6-8-16(9-7-15)23-19(28)12-29-22-26-25-20(27(22)2)14-4-5-14/h3,6-11,14H,4-5,12H2,1-2H3,(H,23,28). The van der Waals surface area contributed by atoms with Crippen molar-refractivity contribution in [1.82, 2.24) is 19.7 Å². The summed E-state index contributed by atoms with van der Waals surface area (Å²) in [6.45, 7) is 2.09. The van der Waals surface area contributed by atoms with Gasteiger partial charge in [0.15, 0.2) is 5.16 Å². The summed E-state index contributed by atoms with van der Waals surface area (Å²) in [6, 6.07) is 14.1. The lowest BCUT2D eigenvalue weighted by Crippen LogP contribution is -2.14. The molecule has 0 aliphatic heterocycles. The van der Waals surface area contributed by atoms with Crippen LogP contribution >= 0.6 is 23.1 Å². The van der Waals surface area contributed by atoms with Crippen molar-refractivity contribution < 1.29 is 4.79 Å². The van der Waals surface area contributed by atoms with Crippen LogP contribution in [0.2, 0.25) is 0 Å². The van der Waals surface area contributed by atoms with Gasteiger partial charge in [0.2, 0.25) is 5.91 Å². The number of carbonyl (C=O) groups is 1. The van der Waals surface area contributed by atoms with Crippen LogP contribution in [-0.2, 0) is 11.8 Å². The Labute approximate surface area is 182 Å². The van der Waals surface area contributed by atoms with Gasteiger partial charge in [-0.25, -0.2) is 4.98 Å². The fourth-order valence-corrected chi connectivity index (χ4v) is 5.11. The molecule has 30 heavy (non-hydrogen) atoms. The summed E-state index contributed by atoms with van der Waals surface area (Å²) >= 11 is 3.10. The highest BCUT2D eigenvalue weighted by Gasteiger charge is 2.29. The van der Waals surface area contributed by atoms with Gasteiger partial charge in [0.25, 0.3) is 0 Å². The quantitative estimate of drug-likeness (QED) is 0.431. The summed E-state index contributed by atoms with van der Waals surface area (Å²) in [5.41, 5.74) is 4.08. The molecular formula is C22H21N5OS2. The summed E-state index contributed by atoms with van der Waals surface area (Å²) < 4.78 is 3.19. The Kier molecular flexibility index (Phi) is 5.04. The van der Waals surface area contributed by atoms with Crippen LogP contribution in [0.4, 0.5) is 5.69 Å². The highest BCUT2D eigenvalue weighted by molar-refractivity contribution is 7.99. The van der Waals surface area contributed by atoms with Crippen LogP contribution < -0.4 is 5.32 Å². The number of thioether (sulfide) groups is 1. The Balaban J connectivity index is 1.21. The van der Waals surface area contributed by atoms with Gasteiger partial charge < -0.3 is 9.88 Å². The molecule has 1 saturated carbocycles. The minimum Gasteiger partial charge on any atom is -0.325 e. The number of hydrogen-bond donors (Lipinski definition) is 1. The third-order valence-corrected chi connectivity index (χ3v) is 7.19. The zero-order valence-electron chi connectivity index (χ0n) is 16.8. The Bertz CT molecular complexity index is 1220. The van der Waals surface area contributed by atoms with E-state index in [4.69, 9.17) is 4.98 Å². The Hall–Kier alpha value is -2.71. The van der Waals surface area contributed by atoms with E-state index in [1.807, 2.05) is 35.9 Å². The molecule has 0 saturated heterocycles. The molecule has 6 nitrogen and oxygen atoms in total. The van der Waals surface area contributed by atoms with Crippen molar-refractivity contribution in [3.63, 3.8) is 0 Å². The second-order valence-electron chi connectivity index (χ2n) is 7.58. The monoisotopic (exact) mass is 435 g/mol. The van der Waals surface area contributed by atoms with Gasteiger partial charge >= 0.3 is 0 Å². The van der Waals surface area contributed by atoms with E-state index in [-0.39, 0.29) is 5.91 Å². The van der Waals surface area contributed by atoms with Gasteiger partial charge in [-0.1, -0.05) is 17.8 Å². The number of hydrogen-bond acceptors (Lipinski definition) is 6. The number of aryl methyl sites for hydroxylation is 1. The fraction of sp³-hybridized carbons (Fsp3) is 0.273.